The van der Waals surface area contributed by atoms with E-state index in [0.717, 1.165) is 26.1 Å². The molecule has 0 aliphatic heterocycles. The zero-order chi connectivity index (χ0) is 13.3. The number of hydrogen-bond acceptors (Lipinski definition) is 4. The summed E-state index contributed by atoms with van der Waals surface area (Å²) in [6.45, 7) is 9.42. The first-order chi connectivity index (χ1) is 7.91. The Morgan fingerprint density at radius 3 is 2.12 bits per heavy atom. The van der Waals surface area contributed by atoms with E-state index in [-0.39, 0.29) is 11.2 Å². The number of rotatable bonds is 9. The van der Waals surface area contributed by atoms with E-state index in [1.807, 2.05) is 20.8 Å². The van der Waals surface area contributed by atoms with E-state index in [0.29, 0.717) is 13.2 Å². The van der Waals surface area contributed by atoms with Crippen molar-refractivity contribution >= 4 is 5.78 Å². The summed E-state index contributed by atoms with van der Waals surface area (Å²) in [6.07, 6.45) is 0.942. The maximum Gasteiger partial charge on any atom is 0.152 e. The van der Waals surface area contributed by atoms with Gasteiger partial charge in [0, 0.05) is 39.3 Å². The molecule has 0 aromatic heterocycles. The molecule has 0 fully saturated rings. The van der Waals surface area contributed by atoms with E-state index >= 15 is 0 Å². The molecule has 0 aromatic carbocycles. The summed E-state index contributed by atoms with van der Waals surface area (Å²) in [7, 11) is 3.37. The number of Topliss-reactive ketones (excluding diaryl/α,β-unsaturated/α-hetero) is 1. The third-order valence-electron chi connectivity index (χ3n) is 2.64. The first-order valence-electron chi connectivity index (χ1n) is 6.15. The zero-order valence-electron chi connectivity index (χ0n) is 11.9. The van der Waals surface area contributed by atoms with Gasteiger partial charge in [0.05, 0.1) is 13.2 Å². The SMILES string of the molecule is COCCCN(CCOC)CC(=O)C(C)(C)C. The highest BCUT2D eigenvalue weighted by Crippen LogP contribution is 2.15. The highest BCUT2D eigenvalue weighted by molar-refractivity contribution is 5.85. The molecule has 0 rings (SSSR count). The van der Waals surface area contributed by atoms with Crippen LogP contribution in [0.3, 0.4) is 0 Å². The number of ketones is 1. The third kappa shape index (κ3) is 8.30. The van der Waals surface area contributed by atoms with Crippen molar-refractivity contribution in [3.8, 4) is 0 Å². The number of ether oxygens (including phenoxy) is 2. The van der Waals surface area contributed by atoms with Crippen LogP contribution >= 0.6 is 0 Å². The van der Waals surface area contributed by atoms with Crippen molar-refractivity contribution in [1.29, 1.82) is 0 Å². The third-order valence-corrected chi connectivity index (χ3v) is 2.64. The number of carbonyl (C=O) groups is 1. The van der Waals surface area contributed by atoms with Crippen molar-refractivity contribution in [3.05, 3.63) is 0 Å². The smallest absolute Gasteiger partial charge is 0.152 e. The largest absolute Gasteiger partial charge is 0.385 e. The van der Waals surface area contributed by atoms with E-state index in [1.54, 1.807) is 14.2 Å². The molecule has 4 nitrogen and oxygen atoms in total. The molecule has 0 bridgehead atoms. The summed E-state index contributed by atoms with van der Waals surface area (Å²) in [6, 6.07) is 0. The Kier molecular flexibility index (Phi) is 8.39. The molecular weight excluding hydrogens is 218 g/mol. The van der Waals surface area contributed by atoms with Gasteiger partial charge < -0.3 is 9.47 Å². The molecule has 0 spiro atoms. The number of methoxy groups -OCH3 is 2. The van der Waals surface area contributed by atoms with Crippen LogP contribution in [0.25, 0.3) is 0 Å². The summed E-state index contributed by atoms with van der Waals surface area (Å²) >= 11 is 0. The van der Waals surface area contributed by atoms with Gasteiger partial charge in [-0.05, 0) is 6.42 Å². The number of nitrogens with zero attached hydrogens (tertiary/aromatic N) is 1. The summed E-state index contributed by atoms with van der Waals surface area (Å²) in [4.78, 5) is 14.1. The van der Waals surface area contributed by atoms with Crippen molar-refractivity contribution in [2.75, 3.05) is 47.1 Å². The minimum atomic E-state index is -0.271. The summed E-state index contributed by atoms with van der Waals surface area (Å²) in [5, 5.41) is 0. The second-order valence-corrected chi connectivity index (χ2v) is 5.29. The lowest BCUT2D eigenvalue weighted by Crippen LogP contribution is -2.38. The van der Waals surface area contributed by atoms with Crippen LogP contribution in [0.15, 0.2) is 0 Å². The van der Waals surface area contributed by atoms with Crippen LogP contribution in [0, 0.1) is 5.41 Å². The summed E-state index contributed by atoms with van der Waals surface area (Å²) in [5.74, 6) is 0.269. The van der Waals surface area contributed by atoms with E-state index in [2.05, 4.69) is 4.90 Å². The van der Waals surface area contributed by atoms with Gasteiger partial charge in [0.25, 0.3) is 0 Å². The zero-order valence-corrected chi connectivity index (χ0v) is 11.9. The van der Waals surface area contributed by atoms with E-state index in [1.165, 1.54) is 0 Å². The van der Waals surface area contributed by atoms with E-state index in [4.69, 9.17) is 9.47 Å². The molecule has 0 radical (unpaired) electrons. The lowest BCUT2D eigenvalue weighted by molar-refractivity contribution is -0.127. The van der Waals surface area contributed by atoms with Gasteiger partial charge in [-0.15, -0.1) is 0 Å². The monoisotopic (exact) mass is 245 g/mol. The minimum absolute atomic E-state index is 0.269. The summed E-state index contributed by atoms with van der Waals surface area (Å²) < 4.78 is 10.1. The molecule has 0 N–H and O–H groups in total. The van der Waals surface area contributed by atoms with Crippen molar-refractivity contribution in [2.45, 2.75) is 27.2 Å². The molecule has 0 aliphatic rings. The predicted octanol–water partition coefficient (Wildman–Crippen LogP) is 1.59. The van der Waals surface area contributed by atoms with Crippen molar-refractivity contribution in [2.24, 2.45) is 5.41 Å². The molecule has 0 aliphatic carbocycles. The van der Waals surface area contributed by atoms with E-state index in [9.17, 15) is 4.79 Å². The fourth-order valence-electron chi connectivity index (χ4n) is 1.36. The molecule has 0 saturated heterocycles. The fourth-order valence-corrected chi connectivity index (χ4v) is 1.36. The molecule has 17 heavy (non-hydrogen) atoms. The Hall–Kier alpha value is -0.450. The average Bonchev–Trinajstić information content (AvgIpc) is 2.24. The molecule has 4 heteroatoms. The first kappa shape index (κ1) is 16.6. The highest BCUT2D eigenvalue weighted by Gasteiger charge is 2.23. The van der Waals surface area contributed by atoms with Gasteiger partial charge in [-0.2, -0.15) is 0 Å². The van der Waals surface area contributed by atoms with Crippen LogP contribution in [-0.4, -0.2) is 57.8 Å². The lowest BCUT2D eigenvalue weighted by Gasteiger charge is -2.25. The average molecular weight is 245 g/mol. The molecule has 0 atom stereocenters. The van der Waals surface area contributed by atoms with Crippen LogP contribution < -0.4 is 0 Å². The standard InChI is InChI=1S/C13H27NO3/c1-13(2,3)12(15)11-14(8-10-17-5)7-6-9-16-4/h6-11H2,1-5H3. The topological polar surface area (TPSA) is 38.8 Å². The quantitative estimate of drug-likeness (QED) is 0.578. The van der Waals surface area contributed by atoms with Gasteiger partial charge >= 0.3 is 0 Å². The van der Waals surface area contributed by atoms with Gasteiger partial charge in [-0.3, -0.25) is 9.69 Å². The predicted molar refractivity (Wildman–Crippen MR) is 69.3 cm³/mol. The second-order valence-electron chi connectivity index (χ2n) is 5.29. The van der Waals surface area contributed by atoms with Crippen LogP contribution in [0.4, 0.5) is 0 Å². The van der Waals surface area contributed by atoms with Gasteiger partial charge in [0.1, 0.15) is 0 Å². The molecule has 102 valence electrons. The maximum absolute atomic E-state index is 12.0. The molecular formula is C13H27NO3. The number of carbonyl (C=O) groups excluding carboxylic acids is 1. The Bertz CT molecular complexity index is 211. The Balaban J connectivity index is 4.12. The van der Waals surface area contributed by atoms with Crippen LogP contribution in [0.5, 0.6) is 0 Å². The van der Waals surface area contributed by atoms with Crippen LogP contribution in [0.2, 0.25) is 0 Å². The van der Waals surface area contributed by atoms with Gasteiger partial charge in [-0.1, -0.05) is 20.8 Å². The van der Waals surface area contributed by atoms with Crippen molar-refractivity contribution < 1.29 is 14.3 Å². The molecule has 0 heterocycles. The fraction of sp³-hybridized carbons (Fsp3) is 0.923. The van der Waals surface area contributed by atoms with Crippen LogP contribution in [0.1, 0.15) is 27.2 Å². The maximum atomic E-state index is 12.0. The Morgan fingerprint density at radius 1 is 1.06 bits per heavy atom. The minimum Gasteiger partial charge on any atom is -0.385 e. The lowest BCUT2D eigenvalue weighted by atomic mass is 9.90. The summed E-state index contributed by atoms with van der Waals surface area (Å²) in [5.41, 5.74) is -0.271. The molecule has 0 amide bonds. The van der Waals surface area contributed by atoms with Crippen molar-refractivity contribution in [1.82, 2.24) is 4.90 Å². The second kappa shape index (κ2) is 8.61. The van der Waals surface area contributed by atoms with Gasteiger partial charge in [0.2, 0.25) is 0 Å². The van der Waals surface area contributed by atoms with Crippen molar-refractivity contribution in [3.63, 3.8) is 0 Å². The molecule has 0 unspecified atom stereocenters. The molecule has 0 aromatic rings. The highest BCUT2D eigenvalue weighted by atomic mass is 16.5. The number of hydrogen-bond donors (Lipinski definition) is 0. The van der Waals surface area contributed by atoms with Gasteiger partial charge in [0.15, 0.2) is 5.78 Å². The first-order valence-corrected chi connectivity index (χ1v) is 6.15. The Morgan fingerprint density at radius 2 is 1.65 bits per heavy atom. The van der Waals surface area contributed by atoms with E-state index < -0.39 is 0 Å². The molecule has 0 saturated carbocycles. The normalized spacial score (nSPS) is 12.1. The Labute approximate surface area is 105 Å². The van der Waals surface area contributed by atoms with Gasteiger partial charge in [-0.25, -0.2) is 0 Å². The van der Waals surface area contributed by atoms with Crippen LogP contribution in [-0.2, 0) is 14.3 Å².